The Morgan fingerprint density at radius 3 is 2.09 bits per heavy atom. The lowest BCUT2D eigenvalue weighted by Crippen LogP contribution is -2.33. The number of hydrogen-bond acceptors (Lipinski definition) is 3. The summed E-state index contributed by atoms with van der Waals surface area (Å²) in [6.07, 6.45) is 10.5. The molecule has 0 amide bonds. The zero-order valence-electron chi connectivity index (χ0n) is 20.5. The molecular weight excluding hydrogens is 434 g/mol. The molecule has 2 aromatic carbocycles. The van der Waals surface area contributed by atoms with Gasteiger partial charge in [0.1, 0.15) is 6.61 Å². The summed E-state index contributed by atoms with van der Waals surface area (Å²) in [5, 5.41) is 0. The van der Waals surface area contributed by atoms with Gasteiger partial charge in [-0.25, -0.2) is 0 Å². The molecule has 0 spiro atoms. The van der Waals surface area contributed by atoms with Gasteiger partial charge in [-0.1, -0.05) is 37.6 Å². The summed E-state index contributed by atoms with van der Waals surface area (Å²) in [7, 11) is 0. The number of rotatable bonds is 9. The molecule has 2 aromatic rings. The highest BCUT2D eigenvalue weighted by molar-refractivity contribution is 5.35. The van der Waals surface area contributed by atoms with Crippen molar-refractivity contribution < 1.29 is 23.0 Å². The number of ether oxygens (including phenoxy) is 3. The Bertz CT molecular complexity index is 898. The van der Waals surface area contributed by atoms with Gasteiger partial charge >= 0.3 is 0 Å². The van der Waals surface area contributed by atoms with Crippen molar-refractivity contribution in [2.45, 2.75) is 83.8 Å². The first-order valence-electron chi connectivity index (χ1n) is 13.0. The zero-order chi connectivity index (χ0) is 23.9. The molecule has 4 rings (SSSR count). The third-order valence-corrected chi connectivity index (χ3v) is 7.56. The van der Waals surface area contributed by atoms with Crippen molar-refractivity contribution >= 4 is 0 Å². The zero-order valence-corrected chi connectivity index (χ0v) is 20.5. The van der Waals surface area contributed by atoms with E-state index in [0.717, 1.165) is 18.1 Å². The van der Waals surface area contributed by atoms with Gasteiger partial charge in [-0.05, 0) is 92.9 Å². The standard InChI is InChI=1S/C29H38F2O3/c1-3-5-20-8-15-25(33-18-20)24-13-11-23(12-14-24)22-9-6-21(7-10-22)19-34-27-17-16-26(32-4-2)28(30)29(27)31/h6-7,9-10,16-17,20,23-25H,3-5,8,11-15,18-19H2,1-2H3. The van der Waals surface area contributed by atoms with Gasteiger partial charge in [-0.15, -0.1) is 0 Å². The molecule has 5 heteroatoms. The Hall–Kier alpha value is -2.14. The summed E-state index contributed by atoms with van der Waals surface area (Å²) in [5.74, 6) is -0.162. The average molecular weight is 473 g/mol. The van der Waals surface area contributed by atoms with E-state index in [1.54, 1.807) is 6.92 Å². The van der Waals surface area contributed by atoms with E-state index in [1.807, 2.05) is 12.1 Å². The molecule has 2 unspecified atom stereocenters. The van der Waals surface area contributed by atoms with Crippen LogP contribution in [0, 0.1) is 23.5 Å². The van der Waals surface area contributed by atoms with Gasteiger partial charge in [0, 0.05) is 6.61 Å². The van der Waals surface area contributed by atoms with Gasteiger partial charge in [0.15, 0.2) is 11.5 Å². The van der Waals surface area contributed by atoms with E-state index in [4.69, 9.17) is 14.2 Å². The molecule has 1 aliphatic heterocycles. The minimum atomic E-state index is -1.01. The van der Waals surface area contributed by atoms with Crippen LogP contribution in [0.15, 0.2) is 36.4 Å². The van der Waals surface area contributed by atoms with Crippen LogP contribution in [0.1, 0.15) is 82.3 Å². The normalized spacial score (nSPS) is 25.2. The van der Waals surface area contributed by atoms with Crippen LogP contribution in [0.4, 0.5) is 8.78 Å². The minimum Gasteiger partial charge on any atom is -0.491 e. The second kappa shape index (κ2) is 12.0. The van der Waals surface area contributed by atoms with Crippen LogP contribution in [-0.4, -0.2) is 19.3 Å². The van der Waals surface area contributed by atoms with E-state index in [2.05, 4.69) is 19.1 Å². The molecule has 34 heavy (non-hydrogen) atoms. The minimum absolute atomic E-state index is 0.0952. The van der Waals surface area contributed by atoms with E-state index in [1.165, 1.54) is 69.1 Å². The van der Waals surface area contributed by atoms with Crippen molar-refractivity contribution in [1.29, 1.82) is 0 Å². The topological polar surface area (TPSA) is 27.7 Å². The Labute approximate surface area is 202 Å². The monoisotopic (exact) mass is 472 g/mol. The lowest BCUT2D eigenvalue weighted by Gasteiger charge is -2.38. The fraction of sp³-hybridized carbons (Fsp3) is 0.586. The van der Waals surface area contributed by atoms with Gasteiger partial charge in [0.25, 0.3) is 0 Å². The van der Waals surface area contributed by atoms with E-state index in [-0.39, 0.29) is 24.7 Å². The van der Waals surface area contributed by atoms with E-state index >= 15 is 0 Å². The lowest BCUT2D eigenvalue weighted by molar-refractivity contribution is -0.0575. The Morgan fingerprint density at radius 1 is 0.824 bits per heavy atom. The van der Waals surface area contributed by atoms with E-state index in [9.17, 15) is 8.78 Å². The third-order valence-electron chi connectivity index (χ3n) is 7.56. The van der Waals surface area contributed by atoms with Crippen molar-refractivity contribution in [3.8, 4) is 11.5 Å². The van der Waals surface area contributed by atoms with Crippen molar-refractivity contribution in [2.75, 3.05) is 13.2 Å². The average Bonchev–Trinajstić information content (AvgIpc) is 2.88. The largest absolute Gasteiger partial charge is 0.491 e. The predicted octanol–water partition coefficient (Wildman–Crippen LogP) is 7.81. The molecule has 1 saturated heterocycles. The molecule has 1 saturated carbocycles. The summed E-state index contributed by atoms with van der Waals surface area (Å²) in [6.45, 7) is 5.41. The lowest BCUT2D eigenvalue weighted by atomic mass is 9.75. The van der Waals surface area contributed by atoms with Gasteiger partial charge < -0.3 is 14.2 Å². The first-order chi connectivity index (χ1) is 16.6. The number of hydrogen-bond donors (Lipinski definition) is 0. The Morgan fingerprint density at radius 2 is 1.50 bits per heavy atom. The second-order valence-electron chi connectivity index (χ2n) is 9.87. The van der Waals surface area contributed by atoms with Crippen LogP contribution in [0.5, 0.6) is 11.5 Å². The highest BCUT2D eigenvalue weighted by Gasteiger charge is 2.31. The van der Waals surface area contributed by atoms with Crippen LogP contribution in [-0.2, 0) is 11.3 Å². The molecular formula is C29H38F2O3. The fourth-order valence-corrected chi connectivity index (χ4v) is 5.60. The summed E-state index contributed by atoms with van der Waals surface area (Å²) in [6, 6.07) is 11.2. The maximum atomic E-state index is 14.2. The maximum absolute atomic E-state index is 14.2. The molecule has 186 valence electrons. The molecule has 0 radical (unpaired) electrons. The molecule has 1 heterocycles. The predicted molar refractivity (Wildman–Crippen MR) is 130 cm³/mol. The SMILES string of the molecule is CCCC1CCC(C2CCC(c3ccc(COc4ccc(OCC)c(F)c4F)cc3)CC2)OC1. The third kappa shape index (κ3) is 6.10. The van der Waals surface area contributed by atoms with Crippen LogP contribution >= 0.6 is 0 Å². The van der Waals surface area contributed by atoms with Gasteiger partial charge in [-0.3, -0.25) is 0 Å². The highest BCUT2D eigenvalue weighted by atomic mass is 19.2. The second-order valence-corrected chi connectivity index (χ2v) is 9.87. The first-order valence-corrected chi connectivity index (χ1v) is 13.0. The van der Waals surface area contributed by atoms with Crippen molar-refractivity contribution in [2.24, 2.45) is 11.8 Å². The summed E-state index contributed by atoms with van der Waals surface area (Å²) in [5.41, 5.74) is 2.29. The maximum Gasteiger partial charge on any atom is 0.204 e. The molecule has 0 N–H and O–H groups in total. The van der Waals surface area contributed by atoms with Crippen molar-refractivity contribution in [1.82, 2.24) is 0 Å². The quantitative estimate of drug-likeness (QED) is 0.372. The number of halogens is 2. The molecule has 0 aromatic heterocycles. The van der Waals surface area contributed by atoms with Crippen LogP contribution in [0.2, 0.25) is 0 Å². The summed E-state index contributed by atoms with van der Waals surface area (Å²) >= 11 is 0. The molecule has 3 nitrogen and oxygen atoms in total. The molecule has 2 fully saturated rings. The molecule has 0 bridgehead atoms. The van der Waals surface area contributed by atoms with E-state index < -0.39 is 11.6 Å². The summed E-state index contributed by atoms with van der Waals surface area (Å²) in [4.78, 5) is 0. The highest BCUT2D eigenvalue weighted by Crippen LogP contribution is 2.40. The van der Waals surface area contributed by atoms with Gasteiger partial charge in [0.2, 0.25) is 11.6 Å². The van der Waals surface area contributed by atoms with E-state index in [0.29, 0.717) is 17.9 Å². The van der Waals surface area contributed by atoms with Crippen LogP contribution < -0.4 is 9.47 Å². The van der Waals surface area contributed by atoms with Crippen molar-refractivity contribution in [3.05, 3.63) is 59.2 Å². The Balaban J connectivity index is 1.25. The van der Waals surface area contributed by atoms with Gasteiger partial charge in [-0.2, -0.15) is 8.78 Å². The summed E-state index contributed by atoms with van der Waals surface area (Å²) < 4.78 is 45.2. The fourth-order valence-electron chi connectivity index (χ4n) is 5.60. The first kappa shape index (κ1) is 25.0. The van der Waals surface area contributed by atoms with Gasteiger partial charge in [0.05, 0.1) is 12.7 Å². The molecule has 2 atom stereocenters. The molecule has 1 aliphatic carbocycles. The smallest absolute Gasteiger partial charge is 0.204 e. The van der Waals surface area contributed by atoms with Crippen LogP contribution in [0.25, 0.3) is 0 Å². The Kier molecular flexibility index (Phi) is 8.82. The number of benzene rings is 2. The van der Waals surface area contributed by atoms with Crippen LogP contribution in [0.3, 0.4) is 0 Å². The molecule has 2 aliphatic rings. The van der Waals surface area contributed by atoms with Crippen molar-refractivity contribution in [3.63, 3.8) is 0 Å².